The van der Waals surface area contributed by atoms with Crippen LogP contribution in [-0.2, 0) is 6.54 Å². The molecule has 3 rings (SSSR count). The molecule has 2 aromatic rings. The fraction of sp³-hybridized carbons (Fsp3) is 0.368. The number of likely N-dealkylation sites (tertiary alicyclic amines) is 1. The molecular weight excluding hydrogens is 318 g/mol. The van der Waals surface area contributed by atoms with Gasteiger partial charge in [-0.25, -0.2) is 0 Å². The van der Waals surface area contributed by atoms with Gasteiger partial charge in [-0.2, -0.15) is 0 Å². The Kier molecular flexibility index (Phi) is 5.31. The third-order valence-electron chi connectivity index (χ3n) is 4.89. The van der Waals surface area contributed by atoms with E-state index in [2.05, 4.69) is 29.2 Å². The van der Waals surface area contributed by atoms with Crippen molar-refractivity contribution >= 4 is 5.69 Å². The van der Waals surface area contributed by atoms with Crippen molar-refractivity contribution in [2.24, 2.45) is 11.7 Å². The summed E-state index contributed by atoms with van der Waals surface area (Å²) in [5.74, 6) is 1.09. The van der Waals surface area contributed by atoms with Gasteiger partial charge in [-0.15, -0.1) is 0 Å². The lowest BCUT2D eigenvalue weighted by Gasteiger charge is -2.17. The standard InChI is InChI=1S/C19H23N3O3/c1-25-19-8-7-14(9-18(19)22(23)24)11-21-12-16(10-20)17(13-21)15-5-3-2-4-6-15/h2-9,16-17H,10-13,20H2,1H3/t16-,17+/m1/s1. The van der Waals surface area contributed by atoms with Gasteiger partial charge in [-0.05, 0) is 29.7 Å². The Labute approximate surface area is 147 Å². The van der Waals surface area contributed by atoms with E-state index in [4.69, 9.17) is 10.5 Å². The maximum Gasteiger partial charge on any atom is 0.311 e. The zero-order valence-corrected chi connectivity index (χ0v) is 14.3. The van der Waals surface area contributed by atoms with Gasteiger partial charge in [0.2, 0.25) is 0 Å². The number of methoxy groups -OCH3 is 1. The molecule has 6 nitrogen and oxygen atoms in total. The van der Waals surface area contributed by atoms with Gasteiger partial charge < -0.3 is 10.5 Å². The van der Waals surface area contributed by atoms with Gasteiger partial charge in [-0.3, -0.25) is 15.0 Å². The first-order chi connectivity index (χ1) is 12.1. The van der Waals surface area contributed by atoms with Crippen molar-refractivity contribution in [3.8, 4) is 5.75 Å². The molecule has 0 unspecified atom stereocenters. The van der Waals surface area contributed by atoms with Gasteiger partial charge >= 0.3 is 5.69 Å². The summed E-state index contributed by atoms with van der Waals surface area (Å²) >= 11 is 0. The fourth-order valence-corrected chi connectivity index (χ4v) is 3.64. The molecule has 0 aliphatic carbocycles. The van der Waals surface area contributed by atoms with Crippen LogP contribution in [0, 0.1) is 16.0 Å². The van der Waals surface area contributed by atoms with Crippen LogP contribution in [0.25, 0.3) is 0 Å². The van der Waals surface area contributed by atoms with Gasteiger partial charge in [0.1, 0.15) is 0 Å². The van der Waals surface area contributed by atoms with E-state index < -0.39 is 4.92 Å². The zero-order valence-electron chi connectivity index (χ0n) is 14.3. The van der Waals surface area contributed by atoms with Crippen LogP contribution >= 0.6 is 0 Å². The van der Waals surface area contributed by atoms with Gasteiger partial charge in [0, 0.05) is 31.6 Å². The Hall–Kier alpha value is -2.44. The van der Waals surface area contributed by atoms with E-state index in [1.807, 2.05) is 12.1 Å². The minimum Gasteiger partial charge on any atom is -0.490 e. The summed E-state index contributed by atoms with van der Waals surface area (Å²) in [6.07, 6.45) is 0. The maximum atomic E-state index is 11.2. The number of nitro benzene ring substituents is 1. The zero-order chi connectivity index (χ0) is 17.8. The Morgan fingerprint density at radius 2 is 2.00 bits per heavy atom. The summed E-state index contributed by atoms with van der Waals surface area (Å²) in [5, 5.41) is 11.2. The molecule has 2 N–H and O–H groups in total. The van der Waals surface area contributed by atoms with E-state index in [-0.39, 0.29) is 11.4 Å². The molecule has 6 heteroatoms. The van der Waals surface area contributed by atoms with E-state index in [0.717, 1.165) is 18.7 Å². The van der Waals surface area contributed by atoms with E-state index >= 15 is 0 Å². The van der Waals surface area contributed by atoms with Crippen LogP contribution < -0.4 is 10.5 Å². The van der Waals surface area contributed by atoms with Gasteiger partial charge in [0.15, 0.2) is 5.75 Å². The Bertz CT molecular complexity index is 736. The van der Waals surface area contributed by atoms with Crippen molar-refractivity contribution in [2.75, 3.05) is 26.7 Å². The number of benzene rings is 2. The molecule has 132 valence electrons. The third kappa shape index (κ3) is 3.81. The van der Waals surface area contributed by atoms with Crippen LogP contribution in [0.4, 0.5) is 5.69 Å². The highest BCUT2D eigenvalue weighted by atomic mass is 16.6. The first-order valence-corrected chi connectivity index (χ1v) is 8.41. The van der Waals surface area contributed by atoms with E-state index in [1.54, 1.807) is 12.1 Å². The molecule has 1 heterocycles. The predicted octanol–water partition coefficient (Wildman–Crippen LogP) is 2.78. The van der Waals surface area contributed by atoms with Crippen LogP contribution in [0.1, 0.15) is 17.0 Å². The van der Waals surface area contributed by atoms with E-state index in [9.17, 15) is 10.1 Å². The molecule has 25 heavy (non-hydrogen) atoms. The van der Waals surface area contributed by atoms with Gasteiger partial charge in [0.25, 0.3) is 0 Å². The number of nitrogens with zero attached hydrogens (tertiary/aromatic N) is 2. The van der Waals surface area contributed by atoms with Crippen molar-refractivity contribution in [3.63, 3.8) is 0 Å². The van der Waals surface area contributed by atoms with Crippen LogP contribution in [-0.4, -0.2) is 36.6 Å². The molecule has 1 fully saturated rings. The predicted molar refractivity (Wildman–Crippen MR) is 96.7 cm³/mol. The van der Waals surface area contributed by atoms with Gasteiger partial charge in [0.05, 0.1) is 12.0 Å². The highest BCUT2D eigenvalue weighted by Gasteiger charge is 2.32. The molecule has 2 aromatic carbocycles. The summed E-state index contributed by atoms with van der Waals surface area (Å²) in [6, 6.07) is 15.6. The monoisotopic (exact) mass is 341 g/mol. The van der Waals surface area contributed by atoms with Gasteiger partial charge in [-0.1, -0.05) is 36.4 Å². The molecule has 0 aromatic heterocycles. The SMILES string of the molecule is COc1ccc(CN2C[C@@H](CN)[C@H](c3ccccc3)C2)cc1[N+](=O)[O-]. The van der Waals surface area contributed by atoms with Crippen molar-refractivity contribution in [1.29, 1.82) is 0 Å². The van der Waals surface area contributed by atoms with Crippen molar-refractivity contribution in [1.82, 2.24) is 4.90 Å². The van der Waals surface area contributed by atoms with Crippen molar-refractivity contribution in [3.05, 3.63) is 69.8 Å². The van der Waals surface area contributed by atoms with Crippen LogP contribution in [0.15, 0.2) is 48.5 Å². The topological polar surface area (TPSA) is 81.6 Å². The third-order valence-corrected chi connectivity index (χ3v) is 4.89. The molecule has 1 aliphatic rings. The smallest absolute Gasteiger partial charge is 0.311 e. The number of hydrogen-bond acceptors (Lipinski definition) is 5. The lowest BCUT2D eigenvalue weighted by molar-refractivity contribution is -0.385. The van der Waals surface area contributed by atoms with Crippen molar-refractivity contribution in [2.45, 2.75) is 12.5 Å². The number of nitrogens with two attached hydrogens (primary N) is 1. The lowest BCUT2D eigenvalue weighted by Crippen LogP contribution is -2.23. The Morgan fingerprint density at radius 3 is 2.64 bits per heavy atom. The Balaban J connectivity index is 1.76. The summed E-state index contributed by atoms with van der Waals surface area (Å²) in [7, 11) is 1.44. The number of hydrogen-bond donors (Lipinski definition) is 1. The van der Waals surface area contributed by atoms with Crippen LogP contribution in [0.3, 0.4) is 0 Å². The summed E-state index contributed by atoms with van der Waals surface area (Å²) in [6.45, 7) is 3.12. The first kappa shape index (κ1) is 17.4. The quantitative estimate of drug-likeness (QED) is 0.645. The fourth-order valence-electron chi connectivity index (χ4n) is 3.64. The van der Waals surface area contributed by atoms with Crippen molar-refractivity contribution < 1.29 is 9.66 Å². The second-order valence-electron chi connectivity index (χ2n) is 6.47. The average molecular weight is 341 g/mol. The number of ether oxygens (including phenoxy) is 1. The number of nitro groups is 1. The largest absolute Gasteiger partial charge is 0.490 e. The maximum absolute atomic E-state index is 11.2. The molecule has 1 aliphatic heterocycles. The number of rotatable bonds is 6. The molecule has 0 spiro atoms. The Morgan fingerprint density at radius 1 is 1.24 bits per heavy atom. The molecule has 0 amide bonds. The molecule has 0 radical (unpaired) electrons. The molecule has 0 saturated carbocycles. The van der Waals surface area contributed by atoms with Crippen LogP contribution in [0.5, 0.6) is 5.75 Å². The molecular formula is C19H23N3O3. The summed E-state index contributed by atoms with van der Waals surface area (Å²) in [4.78, 5) is 13.1. The summed E-state index contributed by atoms with van der Waals surface area (Å²) in [5.41, 5.74) is 8.22. The molecule has 0 bridgehead atoms. The minimum atomic E-state index is -0.401. The second kappa shape index (κ2) is 7.63. The molecule has 1 saturated heterocycles. The normalized spacial score (nSPS) is 20.6. The van der Waals surface area contributed by atoms with Crippen LogP contribution in [0.2, 0.25) is 0 Å². The highest BCUT2D eigenvalue weighted by Crippen LogP contribution is 2.34. The highest BCUT2D eigenvalue weighted by molar-refractivity contribution is 5.48. The molecule has 2 atom stereocenters. The first-order valence-electron chi connectivity index (χ1n) is 8.41. The second-order valence-corrected chi connectivity index (χ2v) is 6.47. The van der Waals surface area contributed by atoms with E-state index in [1.165, 1.54) is 12.7 Å². The van der Waals surface area contributed by atoms with E-state index in [0.29, 0.717) is 24.9 Å². The summed E-state index contributed by atoms with van der Waals surface area (Å²) < 4.78 is 5.07. The minimum absolute atomic E-state index is 0.00850. The average Bonchev–Trinajstić information content (AvgIpc) is 3.05. The lowest BCUT2D eigenvalue weighted by atomic mass is 9.89.